The van der Waals surface area contributed by atoms with Crippen LogP contribution < -0.4 is 0 Å². The van der Waals surface area contributed by atoms with Crippen LogP contribution >= 0.6 is 0 Å². The van der Waals surface area contributed by atoms with Gasteiger partial charge in [0.15, 0.2) is 0 Å². The zero-order valence-electron chi connectivity index (χ0n) is 12.2. The van der Waals surface area contributed by atoms with Crippen molar-refractivity contribution in [3.05, 3.63) is 0 Å². The fraction of sp³-hybridized carbons (Fsp3) is 0.938. The number of carboxylic acids is 1. The summed E-state index contributed by atoms with van der Waals surface area (Å²) in [5, 5.41) is 9.98. The van der Waals surface area contributed by atoms with Crippen LogP contribution in [-0.2, 0) is 14.3 Å². The van der Waals surface area contributed by atoms with E-state index in [9.17, 15) is 9.90 Å². The predicted octanol–water partition coefficient (Wildman–Crippen LogP) is 3.00. The summed E-state index contributed by atoms with van der Waals surface area (Å²) >= 11 is 0. The van der Waals surface area contributed by atoms with E-state index in [0.29, 0.717) is 0 Å². The molecule has 0 bridgehead atoms. The third-order valence-corrected chi connectivity index (χ3v) is 5.58. The number of carboxylic acid groups (broad SMARTS) is 1. The summed E-state index contributed by atoms with van der Waals surface area (Å²) < 4.78 is 11.9. The van der Waals surface area contributed by atoms with E-state index >= 15 is 0 Å². The molecule has 4 heteroatoms. The summed E-state index contributed by atoms with van der Waals surface area (Å²) in [5.41, 5.74) is -0.692. The lowest BCUT2D eigenvalue weighted by atomic mass is 9.68. The fourth-order valence-electron chi connectivity index (χ4n) is 4.61. The SMILES string of the molecule is O=C(O)C1(C2CCCCO2)CCCC1C1CCCCO1. The Hall–Kier alpha value is -0.610. The monoisotopic (exact) mass is 282 g/mol. The zero-order chi connectivity index (χ0) is 14.0. The van der Waals surface area contributed by atoms with Crippen LogP contribution in [0.4, 0.5) is 0 Å². The maximum Gasteiger partial charge on any atom is 0.312 e. The highest BCUT2D eigenvalue weighted by atomic mass is 16.5. The Morgan fingerprint density at radius 3 is 2.30 bits per heavy atom. The molecule has 2 aliphatic heterocycles. The van der Waals surface area contributed by atoms with Gasteiger partial charge in [-0.05, 0) is 51.4 Å². The molecule has 1 saturated carbocycles. The number of ether oxygens (including phenoxy) is 2. The Morgan fingerprint density at radius 1 is 0.950 bits per heavy atom. The minimum atomic E-state index is -0.692. The second kappa shape index (κ2) is 6.02. The summed E-state index contributed by atoms with van der Waals surface area (Å²) in [6.07, 6.45) is 9.13. The predicted molar refractivity (Wildman–Crippen MR) is 74.6 cm³/mol. The van der Waals surface area contributed by atoms with Crippen LogP contribution in [0.15, 0.2) is 0 Å². The summed E-state index contributed by atoms with van der Waals surface area (Å²) in [7, 11) is 0. The molecule has 1 aliphatic carbocycles. The van der Waals surface area contributed by atoms with E-state index < -0.39 is 11.4 Å². The lowest BCUT2D eigenvalue weighted by Crippen LogP contribution is -2.52. The van der Waals surface area contributed by atoms with Gasteiger partial charge in [-0.3, -0.25) is 4.79 Å². The lowest BCUT2D eigenvalue weighted by molar-refractivity contribution is -0.178. The Morgan fingerprint density at radius 2 is 1.70 bits per heavy atom. The van der Waals surface area contributed by atoms with Gasteiger partial charge in [0, 0.05) is 19.1 Å². The average molecular weight is 282 g/mol. The molecule has 20 heavy (non-hydrogen) atoms. The molecule has 0 spiro atoms. The van der Waals surface area contributed by atoms with E-state index in [4.69, 9.17) is 9.47 Å². The summed E-state index contributed by atoms with van der Waals surface area (Å²) in [6, 6.07) is 0. The largest absolute Gasteiger partial charge is 0.481 e. The summed E-state index contributed by atoms with van der Waals surface area (Å²) in [4.78, 5) is 12.1. The third-order valence-electron chi connectivity index (χ3n) is 5.58. The average Bonchev–Trinajstić information content (AvgIpc) is 2.95. The van der Waals surface area contributed by atoms with E-state index in [0.717, 1.165) is 64.6 Å². The van der Waals surface area contributed by atoms with E-state index in [-0.39, 0.29) is 18.1 Å². The van der Waals surface area contributed by atoms with Crippen molar-refractivity contribution in [2.24, 2.45) is 11.3 Å². The molecule has 3 rings (SSSR count). The summed E-state index contributed by atoms with van der Waals surface area (Å²) in [5.74, 6) is -0.510. The molecule has 0 aromatic heterocycles. The lowest BCUT2D eigenvalue weighted by Gasteiger charge is -2.43. The van der Waals surface area contributed by atoms with E-state index in [2.05, 4.69) is 0 Å². The van der Waals surface area contributed by atoms with Gasteiger partial charge in [0.25, 0.3) is 0 Å². The third kappa shape index (κ3) is 2.37. The molecule has 0 amide bonds. The molecule has 2 saturated heterocycles. The van der Waals surface area contributed by atoms with Gasteiger partial charge in [-0.15, -0.1) is 0 Å². The number of hydrogen-bond donors (Lipinski definition) is 1. The molecule has 4 atom stereocenters. The smallest absolute Gasteiger partial charge is 0.312 e. The number of carbonyl (C=O) groups is 1. The number of aliphatic carboxylic acids is 1. The van der Waals surface area contributed by atoms with Crippen molar-refractivity contribution in [3.63, 3.8) is 0 Å². The van der Waals surface area contributed by atoms with Gasteiger partial charge in [0.2, 0.25) is 0 Å². The maximum atomic E-state index is 12.1. The van der Waals surface area contributed by atoms with Gasteiger partial charge >= 0.3 is 5.97 Å². The Kier molecular flexibility index (Phi) is 4.32. The van der Waals surface area contributed by atoms with Gasteiger partial charge in [0.05, 0.1) is 17.6 Å². The molecular weight excluding hydrogens is 256 g/mol. The highest BCUT2D eigenvalue weighted by molar-refractivity contribution is 5.76. The molecule has 114 valence electrons. The first-order chi connectivity index (χ1) is 9.75. The van der Waals surface area contributed by atoms with Crippen molar-refractivity contribution in [1.29, 1.82) is 0 Å². The number of rotatable bonds is 3. The molecule has 4 unspecified atom stereocenters. The normalized spacial score (nSPS) is 42.5. The first kappa shape index (κ1) is 14.3. The van der Waals surface area contributed by atoms with Crippen LogP contribution in [0.3, 0.4) is 0 Å². The van der Waals surface area contributed by atoms with Crippen LogP contribution in [0.25, 0.3) is 0 Å². The van der Waals surface area contributed by atoms with Gasteiger partial charge in [-0.1, -0.05) is 6.42 Å². The molecule has 2 heterocycles. The zero-order valence-corrected chi connectivity index (χ0v) is 12.2. The van der Waals surface area contributed by atoms with Crippen LogP contribution in [-0.4, -0.2) is 36.5 Å². The highest BCUT2D eigenvalue weighted by Gasteiger charge is 2.57. The van der Waals surface area contributed by atoms with Gasteiger partial charge < -0.3 is 14.6 Å². The standard InChI is InChI=1S/C16H26O4/c17-15(18)16(14-8-2-4-11-20-14)9-5-6-12(16)13-7-1-3-10-19-13/h12-14H,1-11H2,(H,17,18). The Bertz CT molecular complexity index is 344. The first-order valence-corrected chi connectivity index (χ1v) is 8.22. The molecule has 0 radical (unpaired) electrons. The molecular formula is C16H26O4. The van der Waals surface area contributed by atoms with Crippen LogP contribution in [0.1, 0.15) is 57.8 Å². The van der Waals surface area contributed by atoms with Gasteiger partial charge in [-0.25, -0.2) is 0 Å². The van der Waals surface area contributed by atoms with Crippen LogP contribution in [0.5, 0.6) is 0 Å². The molecule has 0 aromatic rings. The Balaban J connectivity index is 1.84. The topological polar surface area (TPSA) is 55.8 Å². The second-order valence-corrected chi connectivity index (χ2v) is 6.60. The van der Waals surface area contributed by atoms with Gasteiger partial charge in [0.1, 0.15) is 0 Å². The molecule has 4 nitrogen and oxygen atoms in total. The van der Waals surface area contributed by atoms with E-state index in [1.54, 1.807) is 0 Å². The highest BCUT2D eigenvalue weighted by Crippen LogP contribution is 2.52. The van der Waals surface area contributed by atoms with Crippen LogP contribution in [0.2, 0.25) is 0 Å². The molecule has 3 fully saturated rings. The van der Waals surface area contributed by atoms with Crippen molar-refractivity contribution in [2.45, 2.75) is 70.0 Å². The second-order valence-electron chi connectivity index (χ2n) is 6.60. The maximum absolute atomic E-state index is 12.1. The van der Waals surface area contributed by atoms with Crippen molar-refractivity contribution in [3.8, 4) is 0 Å². The number of hydrogen-bond acceptors (Lipinski definition) is 3. The van der Waals surface area contributed by atoms with Crippen molar-refractivity contribution in [1.82, 2.24) is 0 Å². The van der Waals surface area contributed by atoms with Gasteiger partial charge in [-0.2, -0.15) is 0 Å². The van der Waals surface area contributed by atoms with Crippen molar-refractivity contribution >= 4 is 5.97 Å². The molecule has 0 aromatic carbocycles. The summed E-state index contributed by atoms with van der Waals surface area (Å²) in [6.45, 7) is 1.51. The molecule has 3 aliphatic rings. The quantitative estimate of drug-likeness (QED) is 0.864. The van der Waals surface area contributed by atoms with Crippen molar-refractivity contribution < 1.29 is 19.4 Å². The molecule has 1 N–H and O–H groups in total. The fourth-order valence-corrected chi connectivity index (χ4v) is 4.61. The minimum Gasteiger partial charge on any atom is -0.481 e. The van der Waals surface area contributed by atoms with Crippen molar-refractivity contribution in [2.75, 3.05) is 13.2 Å². The Labute approximate surface area is 120 Å². The van der Waals surface area contributed by atoms with E-state index in [1.807, 2.05) is 0 Å². The van der Waals surface area contributed by atoms with E-state index in [1.165, 1.54) is 6.42 Å². The van der Waals surface area contributed by atoms with Crippen LogP contribution in [0, 0.1) is 11.3 Å². The minimum absolute atomic E-state index is 0.105. The first-order valence-electron chi connectivity index (χ1n) is 8.22.